The predicted octanol–water partition coefficient (Wildman–Crippen LogP) is 1.34. The van der Waals surface area contributed by atoms with Crippen LogP contribution in [-0.2, 0) is 6.54 Å². The topological polar surface area (TPSA) is 59.8 Å². The molecule has 0 fully saturated rings. The first-order valence-corrected chi connectivity index (χ1v) is 4.93. The Morgan fingerprint density at radius 2 is 2.38 bits per heavy atom. The Labute approximate surface area is 93.2 Å². The van der Waals surface area contributed by atoms with Crippen LogP contribution in [0.2, 0.25) is 0 Å². The average Bonchev–Trinajstić information content (AvgIpc) is 2.81. The first kappa shape index (κ1) is 10.4. The highest BCUT2D eigenvalue weighted by molar-refractivity contribution is 5.76. The summed E-state index contributed by atoms with van der Waals surface area (Å²) in [6, 6.07) is 3.66. The van der Waals surface area contributed by atoms with Gasteiger partial charge in [-0.05, 0) is 18.6 Å². The highest BCUT2D eigenvalue weighted by Crippen LogP contribution is 1.98. The monoisotopic (exact) mass is 216 g/mol. The van der Waals surface area contributed by atoms with Crippen molar-refractivity contribution in [2.24, 2.45) is 0 Å². The minimum Gasteiger partial charge on any atom is -0.333 e. The number of aromatic nitrogens is 3. The molecule has 0 atom stereocenters. The highest BCUT2D eigenvalue weighted by Gasteiger charge is 2.02. The second-order valence-corrected chi connectivity index (χ2v) is 3.44. The van der Waals surface area contributed by atoms with Crippen LogP contribution in [-0.4, -0.2) is 20.6 Å². The smallest absolute Gasteiger partial charge is 0.327 e. The maximum Gasteiger partial charge on any atom is 0.327 e. The van der Waals surface area contributed by atoms with Crippen LogP contribution in [0.5, 0.6) is 0 Å². The molecular weight excluding hydrogens is 204 g/mol. The number of nitrogens with zero attached hydrogens (tertiary/aromatic N) is 3. The van der Waals surface area contributed by atoms with Crippen molar-refractivity contribution < 1.29 is 4.79 Å². The molecule has 0 spiro atoms. The quantitative estimate of drug-likeness (QED) is 0.824. The molecular formula is C11H12N4O. The average molecular weight is 216 g/mol. The number of hydrogen-bond donors (Lipinski definition) is 1. The fourth-order valence-corrected chi connectivity index (χ4v) is 1.25. The molecule has 0 unspecified atom stereocenters. The van der Waals surface area contributed by atoms with E-state index < -0.39 is 0 Å². The predicted molar refractivity (Wildman–Crippen MR) is 58.8 cm³/mol. The van der Waals surface area contributed by atoms with E-state index in [4.69, 9.17) is 0 Å². The van der Waals surface area contributed by atoms with Crippen LogP contribution in [0.3, 0.4) is 0 Å². The Balaban J connectivity index is 1.93. The summed E-state index contributed by atoms with van der Waals surface area (Å²) >= 11 is 0. The number of imidazole rings is 1. The van der Waals surface area contributed by atoms with E-state index >= 15 is 0 Å². The van der Waals surface area contributed by atoms with E-state index in [1.165, 1.54) is 10.9 Å². The molecule has 2 aromatic rings. The van der Waals surface area contributed by atoms with Gasteiger partial charge < -0.3 is 5.32 Å². The van der Waals surface area contributed by atoms with Crippen molar-refractivity contribution in [2.75, 3.05) is 0 Å². The molecule has 0 aliphatic rings. The molecule has 5 nitrogen and oxygen atoms in total. The van der Waals surface area contributed by atoms with E-state index in [0.717, 1.165) is 11.3 Å². The van der Waals surface area contributed by atoms with Crippen molar-refractivity contribution in [3.05, 3.63) is 48.3 Å². The number of nitrogens with one attached hydrogen (secondary N) is 1. The SMILES string of the molecule is Cc1ccc(CNC(=O)n2ccnc2)cn1. The summed E-state index contributed by atoms with van der Waals surface area (Å²) in [4.78, 5) is 19.5. The highest BCUT2D eigenvalue weighted by atomic mass is 16.2. The van der Waals surface area contributed by atoms with Crippen LogP contribution in [0.25, 0.3) is 0 Å². The molecule has 5 heteroatoms. The molecule has 1 N–H and O–H groups in total. The molecule has 82 valence electrons. The minimum absolute atomic E-state index is 0.196. The fraction of sp³-hybridized carbons (Fsp3) is 0.182. The van der Waals surface area contributed by atoms with Gasteiger partial charge in [0.1, 0.15) is 6.33 Å². The van der Waals surface area contributed by atoms with Gasteiger partial charge in [0, 0.05) is 30.8 Å². The van der Waals surface area contributed by atoms with Crippen molar-refractivity contribution in [1.82, 2.24) is 19.9 Å². The van der Waals surface area contributed by atoms with Crippen molar-refractivity contribution in [3.8, 4) is 0 Å². The zero-order valence-corrected chi connectivity index (χ0v) is 8.92. The summed E-state index contributed by atoms with van der Waals surface area (Å²) in [5, 5.41) is 2.76. The molecule has 0 saturated carbocycles. The van der Waals surface area contributed by atoms with E-state index in [1.54, 1.807) is 18.6 Å². The van der Waals surface area contributed by atoms with Gasteiger partial charge in [-0.25, -0.2) is 9.78 Å². The van der Waals surface area contributed by atoms with Crippen LogP contribution in [0.15, 0.2) is 37.1 Å². The fourth-order valence-electron chi connectivity index (χ4n) is 1.25. The van der Waals surface area contributed by atoms with Crippen LogP contribution >= 0.6 is 0 Å². The van der Waals surface area contributed by atoms with Gasteiger partial charge in [-0.1, -0.05) is 6.07 Å². The lowest BCUT2D eigenvalue weighted by Gasteiger charge is -2.05. The van der Waals surface area contributed by atoms with Gasteiger partial charge in [0.05, 0.1) is 0 Å². The second-order valence-electron chi connectivity index (χ2n) is 3.44. The molecule has 0 radical (unpaired) electrons. The summed E-state index contributed by atoms with van der Waals surface area (Å²) in [7, 11) is 0. The number of hydrogen-bond acceptors (Lipinski definition) is 3. The van der Waals surface area contributed by atoms with Gasteiger partial charge in [0.25, 0.3) is 0 Å². The summed E-state index contributed by atoms with van der Waals surface area (Å²) in [5.41, 5.74) is 1.93. The van der Waals surface area contributed by atoms with Gasteiger partial charge >= 0.3 is 6.03 Å². The molecule has 2 aromatic heterocycles. The lowest BCUT2D eigenvalue weighted by molar-refractivity contribution is 0.242. The Bertz CT molecular complexity index is 461. The summed E-state index contributed by atoms with van der Waals surface area (Å²) < 4.78 is 1.39. The minimum atomic E-state index is -0.196. The molecule has 0 aliphatic carbocycles. The maximum absolute atomic E-state index is 11.5. The molecule has 0 aliphatic heterocycles. The molecule has 2 heterocycles. The number of aryl methyl sites for hydroxylation is 1. The zero-order valence-electron chi connectivity index (χ0n) is 8.92. The number of carbonyl (C=O) groups is 1. The summed E-state index contributed by atoms with van der Waals surface area (Å²) in [6.07, 6.45) is 6.38. The number of rotatable bonds is 2. The van der Waals surface area contributed by atoms with Crippen molar-refractivity contribution in [2.45, 2.75) is 13.5 Å². The number of amides is 1. The van der Waals surface area contributed by atoms with E-state index in [1.807, 2.05) is 19.1 Å². The third kappa shape index (κ3) is 2.44. The second kappa shape index (κ2) is 4.57. The Morgan fingerprint density at radius 1 is 1.50 bits per heavy atom. The largest absolute Gasteiger partial charge is 0.333 e. The van der Waals surface area contributed by atoms with E-state index in [2.05, 4.69) is 15.3 Å². The lowest BCUT2D eigenvalue weighted by Crippen LogP contribution is -2.27. The number of carbonyl (C=O) groups excluding carboxylic acids is 1. The Hall–Kier alpha value is -2.17. The molecule has 2 rings (SSSR count). The summed E-state index contributed by atoms with van der Waals surface area (Å²) in [6.45, 7) is 2.39. The lowest BCUT2D eigenvalue weighted by atomic mass is 10.2. The summed E-state index contributed by atoms with van der Waals surface area (Å²) in [5.74, 6) is 0. The van der Waals surface area contributed by atoms with Gasteiger partial charge in [0.2, 0.25) is 0 Å². The first-order chi connectivity index (χ1) is 7.75. The van der Waals surface area contributed by atoms with E-state index in [9.17, 15) is 4.79 Å². The van der Waals surface area contributed by atoms with Crippen molar-refractivity contribution in [1.29, 1.82) is 0 Å². The van der Waals surface area contributed by atoms with E-state index in [-0.39, 0.29) is 6.03 Å². The van der Waals surface area contributed by atoms with Crippen molar-refractivity contribution >= 4 is 6.03 Å². The third-order valence-corrected chi connectivity index (χ3v) is 2.16. The molecule has 1 amide bonds. The Morgan fingerprint density at radius 3 is 3.00 bits per heavy atom. The van der Waals surface area contributed by atoms with Crippen LogP contribution in [0, 0.1) is 6.92 Å². The number of pyridine rings is 1. The molecule has 0 bridgehead atoms. The van der Waals surface area contributed by atoms with Crippen molar-refractivity contribution in [3.63, 3.8) is 0 Å². The van der Waals surface area contributed by atoms with Gasteiger partial charge in [-0.15, -0.1) is 0 Å². The zero-order chi connectivity index (χ0) is 11.4. The van der Waals surface area contributed by atoms with E-state index in [0.29, 0.717) is 6.54 Å². The van der Waals surface area contributed by atoms with Gasteiger partial charge in [-0.2, -0.15) is 0 Å². The van der Waals surface area contributed by atoms with Crippen LogP contribution in [0.1, 0.15) is 11.3 Å². The standard InChI is InChI=1S/C11H12N4O/c1-9-2-3-10(6-13-9)7-14-11(16)15-5-4-12-8-15/h2-6,8H,7H2,1H3,(H,14,16). The molecule has 16 heavy (non-hydrogen) atoms. The van der Waals surface area contributed by atoms with Gasteiger partial charge in [-0.3, -0.25) is 9.55 Å². The maximum atomic E-state index is 11.5. The molecule has 0 aromatic carbocycles. The van der Waals surface area contributed by atoms with Crippen LogP contribution < -0.4 is 5.32 Å². The third-order valence-electron chi connectivity index (χ3n) is 2.16. The van der Waals surface area contributed by atoms with Crippen LogP contribution in [0.4, 0.5) is 4.79 Å². The first-order valence-electron chi connectivity index (χ1n) is 4.93. The Kier molecular flexibility index (Phi) is 2.95. The molecule has 0 saturated heterocycles. The normalized spacial score (nSPS) is 10.1. The van der Waals surface area contributed by atoms with Gasteiger partial charge in [0.15, 0.2) is 0 Å².